The van der Waals surface area contributed by atoms with Gasteiger partial charge in [-0.1, -0.05) is 46.3 Å². The van der Waals surface area contributed by atoms with Crippen LogP contribution in [0.3, 0.4) is 0 Å². The van der Waals surface area contributed by atoms with Gasteiger partial charge in [0.2, 0.25) is 0 Å². The van der Waals surface area contributed by atoms with Crippen LogP contribution in [-0.2, 0) is 0 Å². The Labute approximate surface area is 114 Å². The molecule has 18 heavy (non-hydrogen) atoms. The lowest BCUT2D eigenvalue weighted by atomic mass is 10.0. The summed E-state index contributed by atoms with van der Waals surface area (Å²) in [4.78, 5) is 3.98. The summed E-state index contributed by atoms with van der Waals surface area (Å²) in [5.74, 6) is 0. The first-order valence-corrected chi connectivity index (χ1v) is 6.39. The minimum atomic E-state index is 1.08. The van der Waals surface area contributed by atoms with Gasteiger partial charge in [0.15, 0.2) is 0 Å². The normalized spacial score (nSPS) is 10.5. The molecule has 1 aromatic heterocycles. The first-order chi connectivity index (χ1) is 8.84. The second kappa shape index (κ2) is 4.78. The topological polar surface area (TPSA) is 17.8 Å². The largest absolute Gasteiger partial charge is 0.305 e. The van der Waals surface area contributed by atoms with Gasteiger partial charge in [-0.2, -0.15) is 0 Å². The molecular formula is C15H10BrN2. The van der Waals surface area contributed by atoms with E-state index in [2.05, 4.69) is 51.4 Å². The number of rotatable bonds is 2. The molecule has 3 aromatic rings. The SMILES string of the molecule is Brc1ccc(-c2ccccc2-n2c[c]nc2)cc1. The quantitative estimate of drug-likeness (QED) is 0.696. The zero-order valence-corrected chi connectivity index (χ0v) is 11.1. The van der Waals surface area contributed by atoms with Crippen molar-refractivity contribution in [2.45, 2.75) is 0 Å². The maximum Gasteiger partial charge on any atom is 0.109 e. The Morgan fingerprint density at radius 1 is 1.00 bits per heavy atom. The summed E-state index contributed by atoms with van der Waals surface area (Å²) in [5.41, 5.74) is 3.47. The molecule has 0 unspecified atom stereocenters. The van der Waals surface area contributed by atoms with Crippen molar-refractivity contribution in [3.05, 3.63) is 71.7 Å². The van der Waals surface area contributed by atoms with Crippen molar-refractivity contribution in [2.75, 3.05) is 0 Å². The molecule has 1 radical (unpaired) electrons. The van der Waals surface area contributed by atoms with E-state index in [0.29, 0.717) is 0 Å². The van der Waals surface area contributed by atoms with Gasteiger partial charge in [-0.05, 0) is 23.8 Å². The van der Waals surface area contributed by atoms with E-state index in [9.17, 15) is 0 Å². The fourth-order valence-electron chi connectivity index (χ4n) is 1.93. The zero-order valence-electron chi connectivity index (χ0n) is 9.55. The van der Waals surface area contributed by atoms with E-state index in [4.69, 9.17) is 0 Å². The number of halogens is 1. The highest BCUT2D eigenvalue weighted by Gasteiger charge is 2.05. The zero-order chi connectivity index (χ0) is 12.4. The van der Waals surface area contributed by atoms with E-state index in [1.54, 1.807) is 6.33 Å². The maximum absolute atomic E-state index is 3.98. The van der Waals surface area contributed by atoms with E-state index in [1.165, 1.54) is 11.1 Å². The average molecular weight is 298 g/mol. The molecule has 0 spiro atoms. The number of para-hydroxylation sites is 1. The van der Waals surface area contributed by atoms with E-state index in [0.717, 1.165) is 10.2 Å². The molecule has 3 heteroatoms. The number of hydrogen-bond donors (Lipinski definition) is 0. The van der Waals surface area contributed by atoms with E-state index in [-0.39, 0.29) is 0 Å². The predicted molar refractivity (Wildman–Crippen MR) is 75.5 cm³/mol. The van der Waals surface area contributed by atoms with Crippen LogP contribution in [0.2, 0.25) is 0 Å². The molecule has 0 bridgehead atoms. The number of aromatic nitrogens is 2. The summed E-state index contributed by atoms with van der Waals surface area (Å²) >= 11 is 3.46. The molecule has 2 aromatic carbocycles. The molecule has 87 valence electrons. The van der Waals surface area contributed by atoms with Crippen molar-refractivity contribution < 1.29 is 0 Å². The molecule has 0 saturated carbocycles. The molecule has 0 N–H and O–H groups in total. The Hall–Kier alpha value is -1.87. The van der Waals surface area contributed by atoms with Crippen LogP contribution < -0.4 is 0 Å². The Morgan fingerprint density at radius 3 is 2.50 bits per heavy atom. The van der Waals surface area contributed by atoms with Gasteiger partial charge in [-0.3, -0.25) is 0 Å². The van der Waals surface area contributed by atoms with Crippen LogP contribution in [-0.4, -0.2) is 9.55 Å². The van der Waals surface area contributed by atoms with Crippen molar-refractivity contribution in [3.8, 4) is 16.8 Å². The van der Waals surface area contributed by atoms with Gasteiger partial charge in [0.1, 0.15) is 6.20 Å². The molecule has 0 aliphatic rings. The van der Waals surface area contributed by atoms with Crippen molar-refractivity contribution in [1.82, 2.24) is 9.55 Å². The van der Waals surface area contributed by atoms with Gasteiger partial charge in [0, 0.05) is 16.2 Å². The number of imidazole rings is 1. The minimum absolute atomic E-state index is 1.08. The van der Waals surface area contributed by atoms with Gasteiger partial charge in [0.05, 0.1) is 12.0 Å². The predicted octanol–water partition coefficient (Wildman–Crippen LogP) is 4.10. The Kier molecular flexibility index (Phi) is 2.99. The number of nitrogens with zero attached hydrogens (tertiary/aromatic N) is 2. The Balaban J connectivity index is 2.15. The molecule has 1 heterocycles. The summed E-state index contributed by atoms with van der Waals surface area (Å²) in [7, 11) is 0. The summed E-state index contributed by atoms with van der Waals surface area (Å²) in [6, 6.07) is 16.6. The third-order valence-corrected chi connectivity index (χ3v) is 3.32. The monoisotopic (exact) mass is 297 g/mol. The lowest BCUT2D eigenvalue weighted by Crippen LogP contribution is -1.93. The average Bonchev–Trinajstić information content (AvgIpc) is 2.93. The van der Waals surface area contributed by atoms with Crippen molar-refractivity contribution >= 4 is 15.9 Å². The third kappa shape index (κ3) is 2.09. The van der Waals surface area contributed by atoms with Gasteiger partial charge < -0.3 is 4.57 Å². The van der Waals surface area contributed by atoms with Gasteiger partial charge in [-0.15, -0.1) is 0 Å². The van der Waals surface area contributed by atoms with Crippen molar-refractivity contribution in [1.29, 1.82) is 0 Å². The maximum atomic E-state index is 3.98. The van der Waals surface area contributed by atoms with Crippen molar-refractivity contribution in [3.63, 3.8) is 0 Å². The molecule has 0 aliphatic heterocycles. The van der Waals surface area contributed by atoms with Crippen LogP contribution in [0.5, 0.6) is 0 Å². The first-order valence-electron chi connectivity index (χ1n) is 5.60. The molecule has 3 rings (SSSR count). The fraction of sp³-hybridized carbons (Fsp3) is 0. The third-order valence-electron chi connectivity index (χ3n) is 2.79. The minimum Gasteiger partial charge on any atom is -0.305 e. The lowest BCUT2D eigenvalue weighted by molar-refractivity contribution is 1.06. The highest BCUT2D eigenvalue weighted by atomic mass is 79.9. The van der Waals surface area contributed by atoms with Crippen LogP contribution in [0.4, 0.5) is 0 Å². The fourth-order valence-corrected chi connectivity index (χ4v) is 2.19. The first kappa shape index (κ1) is 11.2. The molecule has 0 atom stereocenters. The lowest BCUT2D eigenvalue weighted by Gasteiger charge is -2.10. The van der Waals surface area contributed by atoms with Crippen LogP contribution in [0.1, 0.15) is 0 Å². The molecule has 2 nitrogen and oxygen atoms in total. The van der Waals surface area contributed by atoms with Crippen molar-refractivity contribution in [2.24, 2.45) is 0 Å². The molecular weight excluding hydrogens is 288 g/mol. The smallest absolute Gasteiger partial charge is 0.109 e. The van der Waals surface area contributed by atoms with Gasteiger partial charge in [-0.25, -0.2) is 4.98 Å². The van der Waals surface area contributed by atoms with Crippen LogP contribution >= 0.6 is 15.9 Å². The second-order valence-electron chi connectivity index (χ2n) is 3.93. The highest BCUT2D eigenvalue weighted by Crippen LogP contribution is 2.27. The summed E-state index contributed by atoms with van der Waals surface area (Å²) in [6.07, 6.45) is 6.41. The van der Waals surface area contributed by atoms with E-state index < -0.39 is 0 Å². The highest BCUT2D eigenvalue weighted by molar-refractivity contribution is 9.10. The molecule has 0 amide bonds. The summed E-state index contributed by atoms with van der Waals surface area (Å²) < 4.78 is 3.05. The van der Waals surface area contributed by atoms with Gasteiger partial charge in [0.25, 0.3) is 0 Å². The molecule has 0 aliphatic carbocycles. The molecule has 0 saturated heterocycles. The van der Waals surface area contributed by atoms with Crippen LogP contribution in [0.15, 0.2) is 65.5 Å². The number of hydrogen-bond acceptors (Lipinski definition) is 1. The van der Waals surface area contributed by atoms with E-state index in [1.807, 2.05) is 35.0 Å². The Bertz CT molecular complexity index is 643. The summed E-state index contributed by atoms with van der Waals surface area (Å²) in [5, 5.41) is 0. The second-order valence-corrected chi connectivity index (χ2v) is 4.85. The van der Waals surface area contributed by atoms with Gasteiger partial charge >= 0.3 is 0 Å². The van der Waals surface area contributed by atoms with Crippen LogP contribution in [0, 0.1) is 6.20 Å². The Morgan fingerprint density at radius 2 is 1.78 bits per heavy atom. The molecule has 0 fully saturated rings. The van der Waals surface area contributed by atoms with Crippen LogP contribution in [0.25, 0.3) is 16.8 Å². The number of benzene rings is 2. The summed E-state index contributed by atoms with van der Waals surface area (Å²) in [6.45, 7) is 0. The van der Waals surface area contributed by atoms with E-state index >= 15 is 0 Å². The standard InChI is InChI=1S/C15H10BrN2/c16-13-7-5-12(6-8-13)14-3-1-2-4-15(14)18-10-9-17-11-18/h1-8,10-11H.